The summed E-state index contributed by atoms with van der Waals surface area (Å²) in [6, 6.07) is 10.2. The van der Waals surface area contributed by atoms with Gasteiger partial charge >= 0.3 is 0 Å². The van der Waals surface area contributed by atoms with E-state index in [1.165, 1.54) is 5.56 Å². The Bertz CT molecular complexity index is 422. The van der Waals surface area contributed by atoms with Crippen molar-refractivity contribution in [1.82, 2.24) is 10.1 Å². The molecule has 1 atom stereocenters. The van der Waals surface area contributed by atoms with Crippen molar-refractivity contribution in [3.63, 3.8) is 0 Å². The van der Waals surface area contributed by atoms with E-state index in [1.807, 2.05) is 25.1 Å². The fourth-order valence-corrected chi connectivity index (χ4v) is 1.69. The third-order valence-electron chi connectivity index (χ3n) is 2.45. The lowest BCUT2D eigenvalue weighted by atomic mass is 9.97. The van der Waals surface area contributed by atoms with Gasteiger partial charge in [-0.2, -0.15) is 4.98 Å². The first-order chi connectivity index (χ1) is 7.31. The maximum Gasteiger partial charge on any atom is 0.234 e. The Labute approximate surface area is 89.1 Å². The van der Waals surface area contributed by atoms with E-state index in [2.05, 4.69) is 29.2 Å². The highest BCUT2D eigenvalue weighted by molar-refractivity contribution is 5.24. The predicted octanol–water partition coefficient (Wildman–Crippen LogP) is 2.92. The lowest BCUT2D eigenvalue weighted by molar-refractivity contribution is 0.360. The van der Waals surface area contributed by atoms with Gasteiger partial charge in [0.25, 0.3) is 0 Å². The Morgan fingerprint density at radius 1 is 1.27 bits per heavy atom. The Morgan fingerprint density at radius 2 is 2.00 bits per heavy atom. The minimum atomic E-state index is 0.215. The van der Waals surface area contributed by atoms with E-state index in [-0.39, 0.29) is 5.92 Å². The maximum atomic E-state index is 5.21. The molecule has 3 nitrogen and oxygen atoms in total. The zero-order valence-electron chi connectivity index (χ0n) is 8.97. The molecule has 0 saturated carbocycles. The minimum absolute atomic E-state index is 0.215. The highest BCUT2D eigenvalue weighted by Gasteiger charge is 2.17. The van der Waals surface area contributed by atoms with Crippen molar-refractivity contribution < 1.29 is 4.52 Å². The molecule has 2 aromatic rings. The third-order valence-corrected chi connectivity index (χ3v) is 2.45. The van der Waals surface area contributed by atoms with Gasteiger partial charge in [-0.15, -0.1) is 0 Å². The van der Waals surface area contributed by atoms with Crippen molar-refractivity contribution in [2.75, 3.05) is 0 Å². The van der Waals surface area contributed by atoms with Crippen LogP contribution in [0.25, 0.3) is 0 Å². The van der Waals surface area contributed by atoms with Crippen LogP contribution in [-0.4, -0.2) is 10.1 Å². The van der Waals surface area contributed by atoms with E-state index in [0.29, 0.717) is 11.7 Å². The molecule has 0 fully saturated rings. The smallest absolute Gasteiger partial charge is 0.234 e. The molecular formula is C12H14N2O. The van der Waals surface area contributed by atoms with E-state index in [4.69, 9.17) is 4.52 Å². The van der Waals surface area contributed by atoms with Crippen LogP contribution in [0.15, 0.2) is 34.9 Å². The van der Waals surface area contributed by atoms with Crippen LogP contribution in [0.3, 0.4) is 0 Å². The van der Waals surface area contributed by atoms with Gasteiger partial charge in [-0.05, 0) is 18.9 Å². The minimum Gasteiger partial charge on any atom is -0.339 e. The van der Waals surface area contributed by atoms with Crippen molar-refractivity contribution in [3.05, 3.63) is 47.6 Å². The lowest BCUT2D eigenvalue weighted by Crippen LogP contribution is -1.99. The van der Waals surface area contributed by atoms with Crippen molar-refractivity contribution in [1.29, 1.82) is 0 Å². The quantitative estimate of drug-likeness (QED) is 0.768. The molecule has 78 valence electrons. The first-order valence-electron chi connectivity index (χ1n) is 5.16. The first-order valence-corrected chi connectivity index (χ1v) is 5.16. The van der Waals surface area contributed by atoms with Crippen LogP contribution in [0.2, 0.25) is 0 Å². The summed E-state index contributed by atoms with van der Waals surface area (Å²) in [7, 11) is 0. The summed E-state index contributed by atoms with van der Waals surface area (Å²) in [4.78, 5) is 4.28. The summed E-state index contributed by atoms with van der Waals surface area (Å²) >= 11 is 0. The fraction of sp³-hybridized carbons (Fsp3) is 0.333. The van der Waals surface area contributed by atoms with Crippen molar-refractivity contribution in [3.8, 4) is 0 Å². The number of rotatable bonds is 3. The van der Waals surface area contributed by atoms with Crippen LogP contribution in [0, 0.1) is 6.92 Å². The normalized spacial score (nSPS) is 12.7. The molecule has 1 aromatic heterocycles. The van der Waals surface area contributed by atoms with E-state index in [0.717, 1.165) is 6.42 Å². The van der Waals surface area contributed by atoms with Gasteiger partial charge < -0.3 is 4.52 Å². The second kappa shape index (κ2) is 4.26. The molecule has 0 aliphatic carbocycles. The molecule has 15 heavy (non-hydrogen) atoms. The molecule has 0 N–H and O–H groups in total. The number of nitrogens with zero attached hydrogens (tertiary/aromatic N) is 2. The number of aryl methyl sites for hydroxylation is 1. The molecule has 0 aliphatic heterocycles. The number of benzene rings is 1. The summed E-state index contributed by atoms with van der Waals surface area (Å²) in [5, 5.41) is 3.82. The Morgan fingerprint density at radius 3 is 2.53 bits per heavy atom. The van der Waals surface area contributed by atoms with E-state index in [9.17, 15) is 0 Å². The van der Waals surface area contributed by atoms with Crippen molar-refractivity contribution in [2.45, 2.75) is 26.2 Å². The highest BCUT2D eigenvalue weighted by atomic mass is 16.5. The van der Waals surface area contributed by atoms with E-state index >= 15 is 0 Å². The van der Waals surface area contributed by atoms with Gasteiger partial charge in [0, 0.05) is 0 Å². The zero-order chi connectivity index (χ0) is 10.7. The van der Waals surface area contributed by atoms with Crippen molar-refractivity contribution in [2.24, 2.45) is 0 Å². The molecule has 0 saturated heterocycles. The molecule has 1 unspecified atom stereocenters. The number of aromatic nitrogens is 2. The molecule has 3 heteroatoms. The van der Waals surface area contributed by atoms with Crippen LogP contribution in [0.1, 0.15) is 36.5 Å². The SMILES string of the molecule is CCC(c1ccccc1)c1nc(C)no1. The van der Waals surface area contributed by atoms with Gasteiger partial charge in [0.05, 0.1) is 5.92 Å². The van der Waals surface area contributed by atoms with Gasteiger partial charge in [0.2, 0.25) is 5.89 Å². The molecule has 0 radical (unpaired) electrons. The number of hydrogen-bond acceptors (Lipinski definition) is 3. The molecular weight excluding hydrogens is 188 g/mol. The molecule has 0 aliphatic rings. The fourth-order valence-electron chi connectivity index (χ4n) is 1.69. The second-order valence-corrected chi connectivity index (χ2v) is 3.55. The maximum absolute atomic E-state index is 5.21. The van der Waals surface area contributed by atoms with Crippen LogP contribution in [0.4, 0.5) is 0 Å². The van der Waals surface area contributed by atoms with Crippen LogP contribution >= 0.6 is 0 Å². The summed E-state index contributed by atoms with van der Waals surface area (Å²) in [5.41, 5.74) is 1.23. The molecule has 1 aromatic carbocycles. The van der Waals surface area contributed by atoms with Crippen LogP contribution in [0.5, 0.6) is 0 Å². The topological polar surface area (TPSA) is 38.9 Å². The first kappa shape index (κ1) is 9.90. The Balaban J connectivity index is 2.33. The van der Waals surface area contributed by atoms with E-state index < -0.39 is 0 Å². The monoisotopic (exact) mass is 202 g/mol. The second-order valence-electron chi connectivity index (χ2n) is 3.55. The number of hydrogen-bond donors (Lipinski definition) is 0. The van der Waals surface area contributed by atoms with Crippen LogP contribution in [-0.2, 0) is 0 Å². The van der Waals surface area contributed by atoms with Crippen molar-refractivity contribution >= 4 is 0 Å². The van der Waals surface area contributed by atoms with Gasteiger partial charge in [-0.3, -0.25) is 0 Å². The standard InChI is InChI=1S/C12H14N2O/c1-3-11(10-7-5-4-6-8-10)12-13-9(2)14-15-12/h4-8,11H,3H2,1-2H3. The van der Waals surface area contributed by atoms with Gasteiger partial charge in [-0.1, -0.05) is 42.4 Å². The van der Waals surface area contributed by atoms with Gasteiger partial charge in [-0.25, -0.2) is 0 Å². The predicted molar refractivity (Wildman–Crippen MR) is 57.6 cm³/mol. The Hall–Kier alpha value is -1.64. The highest BCUT2D eigenvalue weighted by Crippen LogP contribution is 2.25. The molecule has 1 heterocycles. The molecule has 0 bridgehead atoms. The zero-order valence-corrected chi connectivity index (χ0v) is 8.97. The molecule has 0 amide bonds. The lowest BCUT2D eigenvalue weighted by Gasteiger charge is -2.09. The van der Waals surface area contributed by atoms with E-state index in [1.54, 1.807) is 0 Å². The molecule has 2 rings (SSSR count). The van der Waals surface area contributed by atoms with Gasteiger partial charge in [0.1, 0.15) is 0 Å². The summed E-state index contributed by atoms with van der Waals surface area (Å²) in [5.74, 6) is 1.62. The molecule has 0 spiro atoms. The van der Waals surface area contributed by atoms with Gasteiger partial charge in [0.15, 0.2) is 5.82 Å². The summed E-state index contributed by atoms with van der Waals surface area (Å²) in [6.45, 7) is 3.96. The summed E-state index contributed by atoms with van der Waals surface area (Å²) in [6.07, 6.45) is 0.964. The largest absolute Gasteiger partial charge is 0.339 e. The average Bonchev–Trinajstić information content (AvgIpc) is 2.68. The average molecular weight is 202 g/mol. The van der Waals surface area contributed by atoms with Crippen LogP contribution < -0.4 is 0 Å². The third kappa shape index (κ3) is 2.06. The summed E-state index contributed by atoms with van der Waals surface area (Å²) < 4.78 is 5.21. The Kier molecular flexibility index (Phi) is 2.81.